The molecule has 114 valence electrons. The highest BCUT2D eigenvalue weighted by Crippen LogP contribution is 2.24. The average Bonchev–Trinajstić information content (AvgIpc) is 3.13. The number of halogens is 1. The third kappa shape index (κ3) is 2.62. The predicted octanol–water partition coefficient (Wildman–Crippen LogP) is 2.42. The zero-order valence-electron chi connectivity index (χ0n) is 11.7. The molecule has 0 bridgehead atoms. The summed E-state index contributed by atoms with van der Waals surface area (Å²) in [4.78, 5) is 16.7. The number of carbonyl (C=O) groups is 1. The van der Waals surface area contributed by atoms with Gasteiger partial charge in [0.1, 0.15) is 0 Å². The highest BCUT2D eigenvalue weighted by molar-refractivity contribution is 7.16. The van der Waals surface area contributed by atoms with E-state index in [0.717, 1.165) is 15.8 Å². The average molecular weight is 345 g/mol. The number of aromatic nitrogens is 1. The molecule has 0 radical (unpaired) electrons. The van der Waals surface area contributed by atoms with Crippen molar-refractivity contribution >= 4 is 57.3 Å². The summed E-state index contributed by atoms with van der Waals surface area (Å²) < 4.78 is 6.12. The van der Waals surface area contributed by atoms with Crippen molar-refractivity contribution in [1.82, 2.24) is 4.98 Å². The fourth-order valence-electron chi connectivity index (χ4n) is 2.55. The molecular formula is C15H10BClN2O3S. The van der Waals surface area contributed by atoms with Crippen molar-refractivity contribution < 1.29 is 14.5 Å². The number of benzene rings is 2. The van der Waals surface area contributed by atoms with E-state index in [4.69, 9.17) is 16.3 Å². The maximum Gasteiger partial charge on any atom is 0.491 e. The van der Waals surface area contributed by atoms with E-state index in [0.29, 0.717) is 28.3 Å². The molecule has 0 spiro atoms. The van der Waals surface area contributed by atoms with Crippen LogP contribution in [0.2, 0.25) is 5.02 Å². The number of thiazole rings is 1. The first-order chi connectivity index (χ1) is 11.1. The van der Waals surface area contributed by atoms with Gasteiger partial charge in [0.05, 0.1) is 32.9 Å². The Balaban J connectivity index is 1.65. The SMILES string of the molecule is O=C(Nc1ccc2ncsc2c1)c1cc2c(cc1Cl)COB2O. The van der Waals surface area contributed by atoms with Crippen LogP contribution in [0.5, 0.6) is 0 Å². The van der Waals surface area contributed by atoms with E-state index in [9.17, 15) is 9.82 Å². The highest BCUT2D eigenvalue weighted by atomic mass is 35.5. The molecule has 8 heteroatoms. The third-order valence-electron chi connectivity index (χ3n) is 3.73. The molecule has 0 fully saturated rings. The maximum atomic E-state index is 12.5. The van der Waals surface area contributed by atoms with Crippen molar-refractivity contribution in [1.29, 1.82) is 0 Å². The Morgan fingerprint density at radius 1 is 1.39 bits per heavy atom. The lowest BCUT2D eigenvalue weighted by atomic mass is 9.78. The van der Waals surface area contributed by atoms with Crippen LogP contribution >= 0.6 is 22.9 Å². The minimum Gasteiger partial charge on any atom is -0.423 e. The molecule has 1 aliphatic heterocycles. The van der Waals surface area contributed by atoms with Crippen LogP contribution in [0.3, 0.4) is 0 Å². The van der Waals surface area contributed by atoms with Gasteiger partial charge in [-0.25, -0.2) is 4.98 Å². The van der Waals surface area contributed by atoms with E-state index < -0.39 is 7.12 Å². The normalized spacial score (nSPS) is 13.4. The number of fused-ring (bicyclic) bond motifs is 2. The minimum absolute atomic E-state index is 0.292. The predicted molar refractivity (Wildman–Crippen MR) is 91.4 cm³/mol. The van der Waals surface area contributed by atoms with Crippen LogP contribution in [0.1, 0.15) is 15.9 Å². The molecule has 0 saturated carbocycles. The van der Waals surface area contributed by atoms with Gasteiger partial charge in [0.15, 0.2) is 0 Å². The monoisotopic (exact) mass is 344 g/mol. The second-order valence-corrected chi connectivity index (χ2v) is 6.48. The summed E-state index contributed by atoms with van der Waals surface area (Å²) >= 11 is 7.69. The molecular weight excluding hydrogens is 335 g/mol. The van der Waals surface area contributed by atoms with Crippen molar-refractivity contribution in [2.75, 3.05) is 5.32 Å². The minimum atomic E-state index is -1.01. The summed E-state index contributed by atoms with van der Waals surface area (Å²) in [5.41, 5.74) is 5.00. The second kappa shape index (κ2) is 5.61. The van der Waals surface area contributed by atoms with Gasteiger partial charge in [0.25, 0.3) is 5.91 Å². The Bertz CT molecular complexity index is 930. The zero-order chi connectivity index (χ0) is 16.0. The molecule has 1 amide bonds. The second-order valence-electron chi connectivity index (χ2n) is 5.18. The largest absolute Gasteiger partial charge is 0.491 e. The van der Waals surface area contributed by atoms with Gasteiger partial charge in [-0.2, -0.15) is 0 Å². The molecule has 2 heterocycles. The van der Waals surface area contributed by atoms with Gasteiger partial charge >= 0.3 is 7.12 Å². The summed E-state index contributed by atoms with van der Waals surface area (Å²) in [5, 5.41) is 12.9. The fourth-order valence-corrected chi connectivity index (χ4v) is 3.54. The van der Waals surface area contributed by atoms with Crippen LogP contribution in [-0.2, 0) is 11.3 Å². The Labute approximate surface area is 141 Å². The van der Waals surface area contributed by atoms with Crippen molar-refractivity contribution in [3.8, 4) is 0 Å². The summed E-state index contributed by atoms with van der Waals surface area (Å²) in [5.74, 6) is -0.333. The Hall–Kier alpha value is -1.93. The lowest BCUT2D eigenvalue weighted by Crippen LogP contribution is -2.29. The summed E-state index contributed by atoms with van der Waals surface area (Å²) in [6.07, 6.45) is 0. The van der Waals surface area contributed by atoms with Gasteiger partial charge in [-0.05, 0) is 41.4 Å². The van der Waals surface area contributed by atoms with E-state index in [1.807, 2.05) is 12.1 Å². The van der Waals surface area contributed by atoms with Crippen molar-refractivity contribution in [2.24, 2.45) is 0 Å². The van der Waals surface area contributed by atoms with Crippen LogP contribution in [-0.4, -0.2) is 23.0 Å². The highest BCUT2D eigenvalue weighted by Gasteiger charge is 2.29. The van der Waals surface area contributed by atoms with E-state index in [1.165, 1.54) is 11.3 Å². The van der Waals surface area contributed by atoms with Crippen molar-refractivity contribution in [2.45, 2.75) is 6.61 Å². The van der Waals surface area contributed by atoms with Gasteiger partial charge in [0.2, 0.25) is 0 Å². The van der Waals surface area contributed by atoms with E-state index >= 15 is 0 Å². The Morgan fingerprint density at radius 3 is 3.13 bits per heavy atom. The van der Waals surface area contributed by atoms with Crippen LogP contribution in [0, 0.1) is 0 Å². The maximum absolute atomic E-state index is 12.5. The van der Waals surface area contributed by atoms with E-state index in [2.05, 4.69) is 10.3 Å². The standard InChI is InChI=1S/C15H10BClN2O3S/c17-12-3-8-6-22-16(21)11(8)5-10(12)15(20)19-9-1-2-13-14(4-9)23-7-18-13/h1-5,7,21H,6H2,(H,19,20). The Kier molecular flexibility index (Phi) is 3.58. The zero-order valence-corrected chi connectivity index (χ0v) is 13.3. The molecule has 0 saturated heterocycles. The number of nitrogens with one attached hydrogen (secondary N) is 1. The number of hydrogen-bond donors (Lipinski definition) is 2. The lowest BCUT2D eigenvalue weighted by molar-refractivity contribution is 0.102. The number of anilines is 1. The molecule has 2 aromatic carbocycles. The third-order valence-corrected chi connectivity index (χ3v) is 4.83. The first-order valence-corrected chi connectivity index (χ1v) is 8.14. The number of amides is 1. The van der Waals surface area contributed by atoms with Crippen LogP contribution in [0.4, 0.5) is 5.69 Å². The molecule has 0 unspecified atom stereocenters. The van der Waals surface area contributed by atoms with Crippen LogP contribution in [0.15, 0.2) is 35.8 Å². The van der Waals surface area contributed by atoms with Gasteiger partial charge in [0, 0.05) is 5.69 Å². The molecule has 1 aliphatic rings. The fraction of sp³-hybridized carbons (Fsp3) is 0.0667. The molecule has 2 N–H and O–H groups in total. The Morgan fingerprint density at radius 2 is 2.26 bits per heavy atom. The van der Waals surface area contributed by atoms with Crippen LogP contribution < -0.4 is 10.8 Å². The first-order valence-electron chi connectivity index (χ1n) is 6.88. The lowest BCUT2D eigenvalue weighted by Gasteiger charge is -2.09. The number of hydrogen-bond acceptors (Lipinski definition) is 5. The topological polar surface area (TPSA) is 71.5 Å². The van der Waals surface area contributed by atoms with Gasteiger partial charge in [-0.3, -0.25) is 4.79 Å². The van der Waals surface area contributed by atoms with Crippen molar-refractivity contribution in [3.05, 3.63) is 52.0 Å². The van der Waals surface area contributed by atoms with Crippen molar-refractivity contribution in [3.63, 3.8) is 0 Å². The summed E-state index contributed by atoms with van der Waals surface area (Å²) in [6, 6.07) is 8.75. The summed E-state index contributed by atoms with van der Waals surface area (Å²) in [7, 11) is -1.01. The molecule has 23 heavy (non-hydrogen) atoms. The van der Waals surface area contributed by atoms with E-state index in [1.54, 1.807) is 23.7 Å². The summed E-state index contributed by atoms with van der Waals surface area (Å²) in [6.45, 7) is 0.292. The van der Waals surface area contributed by atoms with Gasteiger partial charge < -0.3 is 15.0 Å². The van der Waals surface area contributed by atoms with Crippen LogP contribution in [0.25, 0.3) is 10.2 Å². The first kappa shape index (κ1) is 14.7. The number of carbonyl (C=O) groups excluding carboxylic acids is 1. The molecule has 4 rings (SSSR count). The molecule has 0 aliphatic carbocycles. The smallest absolute Gasteiger partial charge is 0.423 e. The molecule has 1 aromatic heterocycles. The molecule has 3 aromatic rings. The molecule has 5 nitrogen and oxygen atoms in total. The van der Waals surface area contributed by atoms with Gasteiger partial charge in [-0.1, -0.05) is 11.6 Å². The number of rotatable bonds is 2. The quantitative estimate of drug-likeness (QED) is 0.700. The van der Waals surface area contributed by atoms with E-state index in [-0.39, 0.29) is 5.91 Å². The number of nitrogens with zero attached hydrogens (tertiary/aromatic N) is 1. The molecule has 0 atom stereocenters. The van der Waals surface area contributed by atoms with Gasteiger partial charge in [-0.15, -0.1) is 11.3 Å².